The highest BCUT2D eigenvalue weighted by atomic mass is 32.1. The number of rotatable bonds is 7. The predicted octanol–water partition coefficient (Wildman–Crippen LogP) is 2.74. The summed E-state index contributed by atoms with van der Waals surface area (Å²) in [6.07, 6.45) is 3.51. The van der Waals surface area contributed by atoms with E-state index in [9.17, 15) is 0 Å². The molecule has 1 fully saturated rings. The zero-order chi connectivity index (χ0) is 15.2. The summed E-state index contributed by atoms with van der Waals surface area (Å²) >= 11 is 1.88. The van der Waals surface area contributed by atoms with Crippen LogP contribution in [0.4, 0.5) is 5.13 Å². The lowest BCUT2D eigenvalue weighted by molar-refractivity contribution is 0.193. The van der Waals surface area contributed by atoms with Crippen molar-refractivity contribution in [3.05, 3.63) is 10.6 Å². The second-order valence-corrected chi connectivity index (χ2v) is 6.99. The van der Waals surface area contributed by atoms with Gasteiger partial charge < -0.3 is 10.2 Å². The summed E-state index contributed by atoms with van der Waals surface area (Å²) in [6, 6.07) is 0.707. The molecule has 120 valence electrons. The summed E-state index contributed by atoms with van der Waals surface area (Å²) < 4.78 is 0. The first-order chi connectivity index (χ1) is 10.2. The molecule has 1 aromatic rings. The van der Waals surface area contributed by atoms with Crippen LogP contribution in [0.3, 0.4) is 0 Å². The van der Waals surface area contributed by atoms with Gasteiger partial charge in [0.1, 0.15) is 0 Å². The number of aromatic nitrogens is 1. The van der Waals surface area contributed by atoms with E-state index in [4.69, 9.17) is 4.98 Å². The van der Waals surface area contributed by atoms with E-state index in [1.807, 2.05) is 18.4 Å². The van der Waals surface area contributed by atoms with Gasteiger partial charge in [-0.25, -0.2) is 4.98 Å². The number of piperazine rings is 1. The van der Waals surface area contributed by atoms with Crippen molar-refractivity contribution in [1.82, 2.24) is 15.2 Å². The summed E-state index contributed by atoms with van der Waals surface area (Å²) in [7, 11) is 2.01. The third kappa shape index (κ3) is 4.18. The zero-order valence-electron chi connectivity index (χ0n) is 14.0. The van der Waals surface area contributed by atoms with Gasteiger partial charge in [0.25, 0.3) is 0 Å². The molecule has 5 heteroatoms. The van der Waals surface area contributed by atoms with Crippen molar-refractivity contribution in [3.63, 3.8) is 0 Å². The third-order valence-corrected chi connectivity index (χ3v) is 5.55. The molecular weight excluding hydrogens is 280 g/mol. The summed E-state index contributed by atoms with van der Waals surface area (Å²) in [5.74, 6) is 0. The van der Waals surface area contributed by atoms with E-state index in [0.717, 1.165) is 26.1 Å². The van der Waals surface area contributed by atoms with Crippen LogP contribution in [-0.2, 0) is 13.0 Å². The lowest BCUT2D eigenvalue weighted by Crippen LogP contribution is -2.49. The normalized spacial score (nSPS) is 18.2. The Balaban J connectivity index is 2.01. The number of nitrogens with one attached hydrogen (secondary N) is 1. The molecule has 0 aliphatic carbocycles. The number of anilines is 1. The fourth-order valence-electron chi connectivity index (χ4n) is 2.85. The van der Waals surface area contributed by atoms with Gasteiger partial charge in [0, 0.05) is 43.6 Å². The molecule has 0 aromatic carbocycles. The largest absolute Gasteiger partial charge is 0.346 e. The SMILES string of the molecule is CCCc1nc(N2CCN(C(C)CC)CC2)sc1CNC. The molecule has 1 unspecified atom stereocenters. The number of thiazole rings is 1. The minimum absolute atomic E-state index is 0.707. The van der Waals surface area contributed by atoms with Crippen molar-refractivity contribution in [2.75, 3.05) is 38.1 Å². The highest BCUT2D eigenvalue weighted by Crippen LogP contribution is 2.28. The first-order valence-corrected chi connectivity index (χ1v) is 9.13. The van der Waals surface area contributed by atoms with Crippen molar-refractivity contribution in [2.24, 2.45) is 0 Å². The zero-order valence-corrected chi connectivity index (χ0v) is 14.8. The first-order valence-electron chi connectivity index (χ1n) is 8.31. The molecular formula is C16H30N4S. The summed E-state index contributed by atoms with van der Waals surface area (Å²) in [5.41, 5.74) is 1.30. The molecule has 1 aromatic heterocycles. The summed E-state index contributed by atoms with van der Waals surface area (Å²) in [6.45, 7) is 12.3. The van der Waals surface area contributed by atoms with Crippen molar-refractivity contribution >= 4 is 16.5 Å². The van der Waals surface area contributed by atoms with E-state index < -0.39 is 0 Å². The molecule has 0 saturated carbocycles. The van der Waals surface area contributed by atoms with Crippen LogP contribution in [0.15, 0.2) is 0 Å². The van der Waals surface area contributed by atoms with Gasteiger partial charge in [-0.15, -0.1) is 11.3 Å². The molecule has 4 nitrogen and oxygen atoms in total. The van der Waals surface area contributed by atoms with Crippen molar-refractivity contribution in [3.8, 4) is 0 Å². The molecule has 1 aliphatic rings. The average Bonchev–Trinajstić information content (AvgIpc) is 2.90. The fourth-order valence-corrected chi connectivity index (χ4v) is 4.02. The molecule has 1 atom stereocenters. The van der Waals surface area contributed by atoms with Crippen LogP contribution in [-0.4, -0.2) is 49.2 Å². The van der Waals surface area contributed by atoms with E-state index in [0.29, 0.717) is 6.04 Å². The molecule has 2 heterocycles. The van der Waals surface area contributed by atoms with Crippen LogP contribution in [0.5, 0.6) is 0 Å². The maximum atomic E-state index is 4.92. The number of aryl methyl sites for hydroxylation is 1. The van der Waals surface area contributed by atoms with Gasteiger partial charge >= 0.3 is 0 Å². The quantitative estimate of drug-likeness (QED) is 0.839. The highest BCUT2D eigenvalue weighted by Gasteiger charge is 2.23. The number of hydrogen-bond donors (Lipinski definition) is 1. The van der Waals surface area contributed by atoms with Gasteiger partial charge in [0.15, 0.2) is 5.13 Å². The second kappa shape index (κ2) is 8.11. The Hall–Kier alpha value is -0.650. The van der Waals surface area contributed by atoms with Crippen LogP contribution in [0.1, 0.15) is 44.2 Å². The van der Waals surface area contributed by atoms with E-state index in [1.165, 1.54) is 41.6 Å². The van der Waals surface area contributed by atoms with Crippen molar-refractivity contribution < 1.29 is 0 Å². The van der Waals surface area contributed by atoms with E-state index >= 15 is 0 Å². The molecule has 1 N–H and O–H groups in total. The Morgan fingerprint density at radius 1 is 1.24 bits per heavy atom. The Kier molecular flexibility index (Phi) is 6.45. The molecule has 1 saturated heterocycles. The lowest BCUT2D eigenvalue weighted by Gasteiger charge is -2.37. The van der Waals surface area contributed by atoms with E-state index in [1.54, 1.807) is 0 Å². The van der Waals surface area contributed by atoms with Crippen LogP contribution in [0, 0.1) is 0 Å². The van der Waals surface area contributed by atoms with Crippen LogP contribution in [0.25, 0.3) is 0 Å². The Morgan fingerprint density at radius 2 is 1.95 bits per heavy atom. The number of hydrogen-bond acceptors (Lipinski definition) is 5. The van der Waals surface area contributed by atoms with Gasteiger partial charge in [-0.2, -0.15) is 0 Å². The first kappa shape index (κ1) is 16.7. The molecule has 0 bridgehead atoms. The number of nitrogens with zero attached hydrogens (tertiary/aromatic N) is 3. The minimum atomic E-state index is 0.707. The Morgan fingerprint density at radius 3 is 2.52 bits per heavy atom. The maximum Gasteiger partial charge on any atom is 0.185 e. The molecule has 2 rings (SSSR count). The van der Waals surface area contributed by atoms with Gasteiger partial charge in [-0.3, -0.25) is 4.90 Å². The van der Waals surface area contributed by atoms with Gasteiger partial charge in [0.2, 0.25) is 0 Å². The lowest BCUT2D eigenvalue weighted by atomic mass is 10.2. The monoisotopic (exact) mass is 310 g/mol. The fraction of sp³-hybridized carbons (Fsp3) is 0.812. The highest BCUT2D eigenvalue weighted by molar-refractivity contribution is 7.15. The van der Waals surface area contributed by atoms with E-state index in [2.05, 4.69) is 35.9 Å². The summed E-state index contributed by atoms with van der Waals surface area (Å²) in [4.78, 5) is 11.4. The topological polar surface area (TPSA) is 31.4 Å². The van der Waals surface area contributed by atoms with E-state index in [-0.39, 0.29) is 0 Å². The second-order valence-electron chi connectivity index (χ2n) is 5.93. The molecule has 21 heavy (non-hydrogen) atoms. The van der Waals surface area contributed by atoms with Gasteiger partial charge in [-0.05, 0) is 26.8 Å². The maximum absolute atomic E-state index is 4.92. The Labute approximate surface area is 133 Å². The third-order valence-electron chi connectivity index (χ3n) is 4.39. The standard InChI is InChI=1S/C16H30N4S/c1-5-7-14-15(12-17-4)21-16(18-14)20-10-8-19(9-11-20)13(3)6-2/h13,17H,5-12H2,1-4H3. The van der Waals surface area contributed by atoms with Gasteiger partial charge in [0.05, 0.1) is 5.69 Å². The van der Waals surface area contributed by atoms with Crippen LogP contribution < -0.4 is 10.2 Å². The molecule has 1 aliphatic heterocycles. The molecule has 0 amide bonds. The smallest absolute Gasteiger partial charge is 0.185 e. The predicted molar refractivity (Wildman–Crippen MR) is 92.4 cm³/mol. The average molecular weight is 311 g/mol. The molecule has 0 spiro atoms. The van der Waals surface area contributed by atoms with Crippen LogP contribution in [0.2, 0.25) is 0 Å². The summed E-state index contributed by atoms with van der Waals surface area (Å²) in [5, 5.41) is 4.50. The van der Waals surface area contributed by atoms with Gasteiger partial charge in [-0.1, -0.05) is 20.3 Å². The van der Waals surface area contributed by atoms with Crippen molar-refractivity contribution in [1.29, 1.82) is 0 Å². The Bertz CT molecular complexity index is 400. The molecule has 0 radical (unpaired) electrons. The van der Waals surface area contributed by atoms with Crippen LogP contribution >= 0.6 is 11.3 Å². The minimum Gasteiger partial charge on any atom is -0.346 e. The van der Waals surface area contributed by atoms with Crippen molar-refractivity contribution in [2.45, 2.75) is 52.6 Å².